The predicted octanol–water partition coefficient (Wildman–Crippen LogP) is 3.85. The second-order valence-electron chi connectivity index (χ2n) is 4.50. The zero-order valence-corrected chi connectivity index (χ0v) is 12.4. The molecule has 106 valence electrons. The third-order valence-electron chi connectivity index (χ3n) is 3.24. The lowest BCUT2D eigenvalue weighted by Crippen LogP contribution is -2.19. The molecular formula is C14H11N3O2S2. The summed E-state index contributed by atoms with van der Waals surface area (Å²) in [4.78, 5) is 10.3. The molecule has 3 aromatic rings. The number of hydrogen-bond donors (Lipinski definition) is 1. The monoisotopic (exact) mass is 317 g/mol. The van der Waals surface area contributed by atoms with E-state index in [4.69, 9.17) is 18.0 Å². The van der Waals surface area contributed by atoms with Crippen LogP contribution in [0.4, 0.5) is 5.69 Å². The minimum absolute atomic E-state index is 0.0460. The number of fused-ring (bicyclic) bond motifs is 1. The van der Waals surface area contributed by atoms with Crippen LogP contribution in [-0.4, -0.2) is 9.49 Å². The largest absolute Gasteiger partial charge is 0.307 e. The molecule has 0 aliphatic carbocycles. The van der Waals surface area contributed by atoms with Crippen LogP contribution in [0.25, 0.3) is 10.2 Å². The normalized spacial score (nSPS) is 12.4. The first-order valence-corrected chi connectivity index (χ1v) is 7.40. The molecule has 7 heteroatoms. The predicted molar refractivity (Wildman–Crippen MR) is 86.1 cm³/mol. The summed E-state index contributed by atoms with van der Waals surface area (Å²) in [7, 11) is 0. The Balaban J connectivity index is 2.08. The van der Waals surface area contributed by atoms with E-state index in [2.05, 4.69) is 0 Å². The summed E-state index contributed by atoms with van der Waals surface area (Å²) in [5.41, 5.74) is 8.08. The summed E-state index contributed by atoms with van der Waals surface area (Å²) >= 11 is 6.89. The number of nitro groups is 1. The molecule has 3 rings (SSSR count). The second-order valence-corrected chi connectivity index (χ2v) is 6.17. The first-order valence-electron chi connectivity index (χ1n) is 6.18. The van der Waals surface area contributed by atoms with Crippen molar-refractivity contribution in [1.29, 1.82) is 0 Å². The lowest BCUT2D eigenvalue weighted by atomic mass is 10.1. The summed E-state index contributed by atoms with van der Waals surface area (Å²) in [6.07, 6.45) is -0.463. The van der Waals surface area contributed by atoms with Gasteiger partial charge in [0.2, 0.25) is 0 Å². The van der Waals surface area contributed by atoms with E-state index in [-0.39, 0.29) is 5.69 Å². The highest BCUT2D eigenvalue weighted by Crippen LogP contribution is 2.28. The molecule has 0 saturated heterocycles. The minimum atomic E-state index is -0.463. The van der Waals surface area contributed by atoms with Gasteiger partial charge in [-0.15, -0.1) is 11.3 Å². The van der Waals surface area contributed by atoms with Crippen LogP contribution in [0.1, 0.15) is 11.7 Å². The lowest BCUT2D eigenvalue weighted by Gasteiger charge is -2.15. The van der Waals surface area contributed by atoms with Crippen LogP contribution < -0.4 is 5.73 Å². The fourth-order valence-corrected chi connectivity index (χ4v) is 3.59. The highest BCUT2D eigenvalue weighted by atomic mass is 32.1. The van der Waals surface area contributed by atoms with E-state index < -0.39 is 11.1 Å². The van der Waals surface area contributed by atoms with Gasteiger partial charge in [-0.25, -0.2) is 0 Å². The SMILES string of the molecule is NC(c1ccc([N+](=O)[O-])cc1)n1c(=S)sc2ccccc21. The van der Waals surface area contributed by atoms with Crippen molar-refractivity contribution >= 4 is 39.5 Å². The molecule has 0 fully saturated rings. The summed E-state index contributed by atoms with van der Waals surface area (Å²) in [6.45, 7) is 0. The molecule has 1 atom stereocenters. The van der Waals surface area contributed by atoms with E-state index in [0.717, 1.165) is 15.8 Å². The molecule has 0 radical (unpaired) electrons. The maximum absolute atomic E-state index is 10.7. The van der Waals surface area contributed by atoms with Crippen molar-refractivity contribution in [3.05, 3.63) is 68.2 Å². The quantitative estimate of drug-likeness (QED) is 0.452. The maximum atomic E-state index is 10.7. The van der Waals surface area contributed by atoms with Gasteiger partial charge in [0.25, 0.3) is 5.69 Å². The van der Waals surface area contributed by atoms with Crippen molar-refractivity contribution in [2.75, 3.05) is 0 Å². The first-order chi connectivity index (χ1) is 10.1. The number of thiazole rings is 1. The number of nitrogens with two attached hydrogens (primary N) is 1. The van der Waals surface area contributed by atoms with Crippen LogP contribution in [0, 0.1) is 14.1 Å². The Hall–Kier alpha value is -2.09. The topological polar surface area (TPSA) is 74.1 Å². The Morgan fingerprint density at radius 1 is 1.19 bits per heavy atom. The third-order valence-corrected chi connectivity index (χ3v) is 4.63. The van der Waals surface area contributed by atoms with Gasteiger partial charge in [-0.2, -0.15) is 0 Å². The standard InChI is InChI=1S/C14H11N3O2S2/c15-13(9-5-7-10(8-6-9)17(18)19)16-11-3-1-2-4-12(11)21-14(16)20/h1-8,13H,15H2. The van der Waals surface area contributed by atoms with Crippen molar-refractivity contribution in [1.82, 2.24) is 4.57 Å². The molecular weight excluding hydrogens is 306 g/mol. The number of hydrogen-bond acceptors (Lipinski definition) is 5. The Bertz CT molecular complexity index is 868. The second kappa shape index (κ2) is 5.36. The van der Waals surface area contributed by atoms with Crippen molar-refractivity contribution in [2.45, 2.75) is 6.17 Å². The van der Waals surface area contributed by atoms with Crippen molar-refractivity contribution in [3.63, 3.8) is 0 Å². The van der Waals surface area contributed by atoms with Crippen LogP contribution in [-0.2, 0) is 0 Å². The van der Waals surface area contributed by atoms with E-state index in [1.165, 1.54) is 23.5 Å². The molecule has 0 aliphatic rings. The van der Waals surface area contributed by atoms with Gasteiger partial charge in [-0.3, -0.25) is 10.1 Å². The average Bonchev–Trinajstić information content (AvgIpc) is 2.82. The van der Waals surface area contributed by atoms with Crippen LogP contribution >= 0.6 is 23.6 Å². The van der Waals surface area contributed by atoms with Gasteiger partial charge in [0.15, 0.2) is 3.95 Å². The van der Waals surface area contributed by atoms with Gasteiger partial charge in [-0.1, -0.05) is 12.1 Å². The van der Waals surface area contributed by atoms with Gasteiger partial charge in [-0.05, 0) is 42.0 Å². The minimum Gasteiger partial charge on any atom is -0.307 e. The van der Waals surface area contributed by atoms with E-state index in [9.17, 15) is 10.1 Å². The Morgan fingerprint density at radius 2 is 1.86 bits per heavy atom. The molecule has 2 N–H and O–H groups in total. The molecule has 0 bridgehead atoms. The third kappa shape index (κ3) is 2.46. The van der Waals surface area contributed by atoms with Gasteiger partial charge in [0.1, 0.15) is 6.17 Å². The number of nitrogens with zero attached hydrogens (tertiary/aromatic N) is 2. The van der Waals surface area contributed by atoms with Crippen LogP contribution in [0.2, 0.25) is 0 Å². The zero-order chi connectivity index (χ0) is 15.0. The highest BCUT2D eigenvalue weighted by Gasteiger charge is 2.14. The molecule has 2 aromatic carbocycles. The molecule has 0 aliphatic heterocycles. The van der Waals surface area contributed by atoms with Crippen LogP contribution in [0.15, 0.2) is 48.5 Å². The number of nitro benzene ring substituents is 1. The van der Waals surface area contributed by atoms with Crippen molar-refractivity contribution < 1.29 is 4.92 Å². The molecule has 1 aromatic heterocycles. The van der Waals surface area contributed by atoms with Crippen molar-refractivity contribution in [3.8, 4) is 0 Å². The summed E-state index contributed by atoms with van der Waals surface area (Å²) in [6, 6.07) is 14.1. The number of aromatic nitrogens is 1. The molecule has 0 amide bonds. The van der Waals surface area contributed by atoms with E-state index in [0.29, 0.717) is 3.95 Å². The number of benzene rings is 2. The van der Waals surface area contributed by atoms with Crippen molar-refractivity contribution in [2.24, 2.45) is 5.73 Å². The molecule has 1 heterocycles. The van der Waals surface area contributed by atoms with Crippen LogP contribution in [0.5, 0.6) is 0 Å². The lowest BCUT2D eigenvalue weighted by molar-refractivity contribution is -0.384. The van der Waals surface area contributed by atoms with E-state index in [1.807, 2.05) is 28.8 Å². The Morgan fingerprint density at radius 3 is 2.52 bits per heavy atom. The molecule has 0 saturated carbocycles. The van der Waals surface area contributed by atoms with Gasteiger partial charge in [0.05, 0.1) is 15.1 Å². The highest BCUT2D eigenvalue weighted by molar-refractivity contribution is 7.73. The fourth-order valence-electron chi connectivity index (χ4n) is 2.19. The Labute approximate surface area is 129 Å². The summed E-state index contributed by atoms with van der Waals surface area (Å²) < 4.78 is 3.62. The smallest absolute Gasteiger partial charge is 0.269 e. The summed E-state index contributed by atoms with van der Waals surface area (Å²) in [5.74, 6) is 0. The number of rotatable bonds is 3. The van der Waals surface area contributed by atoms with Gasteiger partial charge in [0, 0.05) is 12.1 Å². The maximum Gasteiger partial charge on any atom is 0.269 e. The van der Waals surface area contributed by atoms with E-state index >= 15 is 0 Å². The van der Waals surface area contributed by atoms with Gasteiger partial charge < -0.3 is 10.3 Å². The van der Waals surface area contributed by atoms with E-state index in [1.54, 1.807) is 12.1 Å². The zero-order valence-electron chi connectivity index (χ0n) is 10.8. The molecule has 0 spiro atoms. The van der Waals surface area contributed by atoms with Crippen LogP contribution in [0.3, 0.4) is 0 Å². The van der Waals surface area contributed by atoms with Gasteiger partial charge >= 0.3 is 0 Å². The molecule has 1 unspecified atom stereocenters. The Kier molecular flexibility index (Phi) is 3.54. The fraction of sp³-hybridized carbons (Fsp3) is 0.0714. The number of para-hydroxylation sites is 1. The number of non-ortho nitro benzene ring substituents is 1. The molecule has 5 nitrogen and oxygen atoms in total. The first kappa shape index (κ1) is 13.9. The average molecular weight is 317 g/mol. The molecule has 21 heavy (non-hydrogen) atoms. The summed E-state index contributed by atoms with van der Waals surface area (Å²) in [5, 5.41) is 10.7.